The average Bonchev–Trinajstić information content (AvgIpc) is 3.49. The molecule has 0 bridgehead atoms. The number of carbonyl (C=O) groups is 1. The summed E-state index contributed by atoms with van der Waals surface area (Å²) in [5.41, 5.74) is 2.40. The second-order valence-electron chi connectivity index (χ2n) is 7.02. The molecule has 6 nitrogen and oxygen atoms in total. The Hall–Kier alpha value is -2.90. The van der Waals surface area contributed by atoms with Gasteiger partial charge in [0.25, 0.3) is 5.91 Å². The number of thiazole rings is 1. The predicted octanol–water partition coefficient (Wildman–Crippen LogP) is 4.65. The number of aromatic nitrogens is 1. The molecule has 1 fully saturated rings. The third kappa shape index (κ3) is 4.47. The van der Waals surface area contributed by atoms with Gasteiger partial charge in [-0.1, -0.05) is 0 Å². The van der Waals surface area contributed by atoms with Crippen LogP contribution >= 0.6 is 11.3 Å². The molecule has 1 atom stereocenters. The molecule has 2 heterocycles. The number of rotatable bonds is 7. The van der Waals surface area contributed by atoms with E-state index in [0.29, 0.717) is 23.0 Å². The molecule has 2 aromatic carbocycles. The van der Waals surface area contributed by atoms with Gasteiger partial charge in [0, 0.05) is 23.1 Å². The molecule has 0 aliphatic carbocycles. The van der Waals surface area contributed by atoms with E-state index in [1.165, 1.54) is 11.3 Å². The van der Waals surface area contributed by atoms with Crippen molar-refractivity contribution in [3.8, 4) is 22.8 Å². The minimum Gasteiger partial charge on any atom is -0.497 e. The summed E-state index contributed by atoms with van der Waals surface area (Å²) >= 11 is 1.46. The maximum absolute atomic E-state index is 13.3. The molecule has 4 rings (SSSR count). The zero-order valence-electron chi connectivity index (χ0n) is 17.0. The molecule has 7 heteroatoms. The molecular formula is C23H24N2O4S. The summed E-state index contributed by atoms with van der Waals surface area (Å²) < 4.78 is 16.2. The minimum absolute atomic E-state index is 0.0283. The summed E-state index contributed by atoms with van der Waals surface area (Å²) in [6, 6.07) is 14.9. The van der Waals surface area contributed by atoms with Crippen molar-refractivity contribution in [2.24, 2.45) is 0 Å². The van der Waals surface area contributed by atoms with Crippen LogP contribution in [-0.2, 0) is 4.74 Å². The van der Waals surface area contributed by atoms with Crippen molar-refractivity contribution >= 4 is 22.4 Å². The van der Waals surface area contributed by atoms with Gasteiger partial charge in [0.05, 0.1) is 32.6 Å². The van der Waals surface area contributed by atoms with Crippen LogP contribution in [0.1, 0.15) is 23.2 Å². The SMILES string of the molecule is COc1ccc(C(=O)N(C[C@@H]2CCCO2)c2nc(-c3ccc(OC)cc3)cs2)cc1. The highest BCUT2D eigenvalue weighted by Gasteiger charge is 2.27. The molecule has 0 N–H and O–H groups in total. The van der Waals surface area contributed by atoms with E-state index in [2.05, 4.69) is 0 Å². The molecule has 1 aliphatic heterocycles. The van der Waals surface area contributed by atoms with Crippen LogP contribution in [0.15, 0.2) is 53.9 Å². The van der Waals surface area contributed by atoms with Crippen molar-refractivity contribution in [2.75, 3.05) is 32.3 Å². The van der Waals surface area contributed by atoms with Crippen LogP contribution in [0.25, 0.3) is 11.3 Å². The molecule has 1 amide bonds. The molecule has 0 unspecified atom stereocenters. The van der Waals surface area contributed by atoms with Gasteiger partial charge in [-0.3, -0.25) is 9.69 Å². The molecule has 0 saturated carbocycles. The van der Waals surface area contributed by atoms with Gasteiger partial charge in [-0.2, -0.15) is 0 Å². The van der Waals surface area contributed by atoms with Crippen LogP contribution in [0.3, 0.4) is 0 Å². The van der Waals surface area contributed by atoms with Crippen LogP contribution in [0, 0.1) is 0 Å². The molecule has 1 saturated heterocycles. The summed E-state index contributed by atoms with van der Waals surface area (Å²) in [5, 5.41) is 2.64. The first-order valence-corrected chi connectivity index (χ1v) is 10.7. The second-order valence-corrected chi connectivity index (χ2v) is 7.86. The Morgan fingerprint density at radius 2 is 1.77 bits per heavy atom. The Morgan fingerprint density at radius 1 is 1.10 bits per heavy atom. The Labute approximate surface area is 180 Å². The van der Waals surface area contributed by atoms with Crippen molar-refractivity contribution in [3.63, 3.8) is 0 Å². The van der Waals surface area contributed by atoms with Gasteiger partial charge in [0.1, 0.15) is 11.5 Å². The molecule has 0 spiro atoms. The molecule has 1 aromatic heterocycles. The van der Waals surface area contributed by atoms with Gasteiger partial charge in [-0.05, 0) is 61.4 Å². The van der Waals surface area contributed by atoms with Crippen LogP contribution < -0.4 is 14.4 Å². The Kier molecular flexibility index (Phi) is 6.30. The van der Waals surface area contributed by atoms with E-state index < -0.39 is 0 Å². The molecule has 3 aromatic rings. The third-order valence-electron chi connectivity index (χ3n) is 5.10. The highest BCUT2D eigenvalue weighted by atomic mass is 32.1. The number of methoxy groups -OCH3 is 2. The van der Waals surface area contributed by atoms with Gasteiger partial charge in [0.15, 0.2) is 5.13 Å². The third-order valence-corrected chi connectivity index (χ3v) is 5.96. The molecular weight excluding hydrogens is 400 g/mol. The molecule has 156 valence electrons. The zero-order chi connectivity index (χ0) is 20.9. The number of anilines is 1. The van der Waals surface area contributed by atoms with Gasteiger partial charge in [0.2, 0.25) is 0 Å². The predicted molar refractivity (Wildman–Crippen MR) is 118 cm³/mol. The van der Waals surface area contributed by atoms with Crippen LogP contribution in [0.4, 0.5) is 5.13 Å². The number of hydrogen-bond acceptors (Lipinski definition) is 6. The van der Waals surface area contributed by atoms with E-state index in [4.69, 9.17) is 19.2 Å². The lowest BCUT2D eigenvalue weighted by Crippen LogP contribution is -2.37. The van der Waals surface area contributed by atoms with Crippen LogP contribution in [-0.4, -0.2) is 44.4 Å². The van der Waals surface area contributed by atoms with E-state index in [1.54, 1.807) is 43.4 Å². The number of ether oxygens (including phenoxy) is 3. The normalized spacial score (nSPS) is 15.7. The first kappa shape index (κ1) is 20.4. The van der Waals surface area contributed by atoms with Crippen LogP contribution in [0.5, 0.6) is 11.5 Å². The standard InChI is InChI=1S/C23H24N2O4S/c1-27-18-9-5-16(6-10-18)21-15-30-23(24-21)25(14-20-4-3-13-29-20)22(26)17-7-11-19(28-2)12-8-17/h5-12,15,20H,3-4,13-14H2,1-2H3/t20-/m0/s1. The second kappa shape index (κ2) is 9.28. The fourth-order valence-corrected chi connectivity index (χ4v) is 4.25. The van der Waals surface area contributed by atoms with E-state index >= 15 is 0 Å². The van der Waals surface area contributed by atoms with E-state index in [0.717, 1.165) is 36.5 Å². The summed E-state index contributed by atoms with van der Waals surface area (Å²) in [6.07, 6.45) is 1.99. The van der Waals surface area contributed by atoms with Crippen molar-refractivity contribution in [1.82, 2.24) is 4.98 Å². The minimum atomic E-state index is -0.0937. The molecule has 0 radical (unpaired) electrons. The largest absolute Gasteiger partial charge is 0.497 e. The fourth-order valence-electron chi connectivity index (χ4n) is 3.41. The van der Waals surface area contributed by atoms with Gasteiger partial charge in [-0.15, -0.1) is 11.3 Å². The number of nitrogens with zero attached hydrogens (tertiary/aromatic N) is 2. The Morgan fingerprint density at radius 3 is 2.37 bits per heavy atom. The van der Waals surface area contributed by atoms with Gasteiger partial charge in [-0.25, -0.2) is 4.98 Å². The van der Waals surface area contributed by atoms with E-state index in [9.17, 15) is 4.79 Å². The number of carbonyl (C=O) groups excluding carboxylic acids is 1. The first-order chi connectivity index (χ1) is 14.7. The Balaban J connectivity index is 1.61. The van der Waals surface area contributed by atoms with Gasteiger partial charge < -0.3 is 14.2 Å². The van der Waals surface area contributed by atoms with Crippen molar-refractivity contribution in [1.29, 1.82) is 0 Å². The van der Waals surface area contributed by atoms with Crippen molar-refractivity contribution < 1.29 is 19.0 Å². The maximum atomic E-state index is 13.3. The monoisotopic (exact) mass is 424 g/mol. The topological polar surface area (TPSA) is 60.9 Å². The van der Waals surface area contributed by atoms with Gasteiger partial charge >= 0.3 is 0 Å². The lowest BCUT2D eigenvalue weighted by atomic mass is 10.1. The quantitative estimate of drug-likeness (QED) is 0.552. The number of hydrogen-bond donors (Lipinski definition) is 0. The lowest BCUT2D eigenvalue weighted by Gasteiger charge is -2.23. The van der Waals surface area contributed by atoms with E-state index in [1.807, 2.05) is 29.6 Å². The number of benzene rings is 2. The summed E-state index contributed by atoms with van der Waals surface area (Å²) in [6.45, 7) is 1.23. The smallest absolute Gasteiger partial charge is 0.260 e. The lowest BCUT2D eigenvalue weighted by molar-refractivity contribution is 0.0917. The maximum Gasteiger partial charge on any atom is 0.260 e. The zero-order valence-corrected chi connectivity index (χ0v) is 17.9. The molecule has 30 heavy (non-hydrogen) atoms. The fraction of sp³-hybridized carbons (Fsp3) is 0.304. The first-order valence-electron chi connectivity index (χ1n) is 9.85. The summed E-state index contributed by atoms with van der Waals surface area (Å²) in [4.78, 5) is 19.8. The average molecular weight is 425 g/mol. The number of amides is 1. The Bertz CT molecular complexity index is 979. The highest BCUT2D eigenvalue weighted by Crippen LogP contribution is 2.30. The van der Waals surface area contributed by atoms with Crippen LogP contribution in [0.2, 0.25) is 0 Å². The summed E-state index contributed by atoms with van der Waals surface area (Å²) in [5.74, 6) is 1.42. The summed E-state index contributed by atoms with van der Waals surface area (Å²) in [7, 11) is 3.25. The molecule has 1 aliphatic rings. The highest BCUT2D eigenvalue weighted by molar-refractivity contribution is 7.14. The van der Waals surface area contributed by atoms with Crippen molar-refractivity contribution in [3.05, 3.63) is 59.5 Å². The van der Waals surface area contributed by atoms with E-state index in [-0.39, 0.29) is 12.0 Å². The van der Waals surface area contributed by atoms with Crippen molar-refractivity contribution in [2.45, 2.75) is 18.9 Å².